The Balaban J connectivity index is 1.64. The van der Waals surface area contributed by atoms with Gasteiger partial charge in [-0.05, 0) is 25.0 Å². The predicted octanol–water partition coefficient (Wildman–Crippen LogP) is 4.56. The van der Waals surface area contributed by atoms with Crippen LogP contribution in [0.4, 0.5) is 18.3 Å². The van der Waals surface area contributed by atoms with Gasteiger partial charge in [0.25, 0.3) is 0 Å². The van der Waals surface area contributed by atoms with Gasteiger partial charge in [-0.25, -0.2) is 4.98 Å². The van der Waals surface area contributed by atoms with Gasteiger partial charge in [-0.3, -0.25) is 9.59 Å². The Morgan fingerprint density at radius 1 is 1.21 bits per heavy atom. The molecule has 150 valence electrons. The zero-order valence-corrected chi connectivity index (χ0v) is 15.9. The van der Waals surface area contributed by atoms with E-state index < -0.39 is 11.7 Å². The van der Waals surface area contributed by atoms with Crippen molar-refractivity contribution in [2.75, 3.05) is 18.4 Å². The monoisotopic (exact) mass is 411 g/mol. The average Bonchev–Trinajstić information content (AvgIpc) is 3.09. The Hall–Kier alpha value is -2.42. The lowest BCUT2D eigenvalue weighted by Crippen LogP contribution is -2.39. The number of hydrogen-bond acceptors (Lipinski definition) is 4. The van der Waals surface area contributed by atoms with E-state index in [9.17, 15) is 22.8 Å². The fraction of sp³-hybridized carbons (Fsp3) is 0.421. The van der Waals surface area contributed by atoms with Gasteiger partial charge >= 0.3 is 6.18 Å². The maximum absolute atomic E-state index is 12.9. The first-order valence-electron chi connectivity index (χ1n) is 9.04. The van der Waals surface area contributed by atoms with Crippen LogP contribution in [-0.2, 0) is 15.8 Å². The molecule has 2 amide bonds. The number of thiazole rings is 1. The smallest absolute Gasteiger partial charge is 0.333 e. The van der Waals surface area contributed by atoms with Gasteiger partial charge in [0.15, 0.2) is 5.13 Å². The lowest BCUT2D eigenvalue weighted by molar-refractivity contribution is -0.137. The van der Waals surface area contributed by atoms with Crippen molar-refractivity contribution < 1.29 is 22.8 Å². The molecule has 2 aromatic rings. The van der Waals surface area contributed by atoms with Crippen molar-refractivity contribution in [3.8, 4) is 11.3 Å². The van der Waals surface area contributed by atoms with E-state index in [1.165, 1.54) is 12.1 Å². The molecule has 1 N–H and O–H groups in total. The summed E-state index contributed by atoms with van der Waals surface area (Å²) >= 11 is 1.13. The van der Waals surface area contributed by atoms with E-state index in [2.05, 4.69) is 10.3 Å². The molecule has 9 heteroatoms. The fourth-order valence-electron chi connectivity index (χ4n) is 3.03. The summed E-state index contributed by atoms with van der Waals surface area (Å²) in [5, 5.41) is 4.51. The fourth-order valence-corrected chi connectivity index (χ4v) is 3.77. The van der Waals surface area contributed by atoms with Crippen molar-refractivity contribution in [2.24, 2.45) is 0 Å². The van der Waals surface area contributed by atoms with Crippen LogP contribution >= 0.6 is 11.3 Å². The molecule has 1 saturated heterocycles. The molecular weight excluding hydrogens is 391 g/mol. The van der Waals surface area contributed by atoms with Gasteiger partial charge in [-0.1, -0.05) is 25.0 Å². The lowest BCUT2D eigenvalue weighted by atomic mass is 10.1. The van der Waals surface area contributed by atoms with Crippen LogP contribution in [0, 0.1) is 0 Å². The van der Waals surface area contributed by atoms with Gasteiger partial charge in [0.1, 0.15) is 0 Å². The van der Waals surface area contributed by atoms with E-state index in [-0.39, 0.29) is 23.5 Å². The lowest BCUT2D eigenvalue weighted by Gasteiger charge is -2.23. The van der Waals surface area contributed by atoms with Gasteiger partial charge in [-0.2, -0.15) is 13.2 Å². The van der Waals surface area contributed by atoms with Gasteiger partial charge in [0.05, 0.1) is 17.8 Å². The molecule has 0 atom stereocenters. The Morgan fingerprint density at radius 3 is 2.79 bits per heavy atom. The third kappa shape index (κ3) is 5.31. The zero-order valence-electron chi connectivity index (χ0n) is 15.1. The number of nitrogens with zero attached hydrogens (tertiary/aromatic N) is 2. The van der Waals surface area contributed by atoms with Crippen LogP contribution in [0.25, 0.3) is 11.3 Å². The Labute approximate surface area is 164 Å². The van der Waals surface area contributed by atoms with E-state index in [4.69, 9.17) is 0 Å². The molecule has 5 nitrogen and oxygen atoms in total. The number of aromatic nitrogens is 1. The quantitative estimate of drug-likeness (QED) is 0.802. The molecule has 0 saturated carbocycles. The minimum Gasteiger partial charge on any atom is -0.333 e. The molecule has 1 aliphatic heterocycles. The van der Waals surface area contributed by atoms with E-state index in [1.807, 2.05) is 0 Å². The second kappa shape index (κ2) is 8.72. The summed E-state index contributed by atoms with van der Waals surface area (Å²) in [5.41, 5.74) is -0.0709. The zero-order chi connectivity index (χ0) is 20.1. The van der Waals surface area contributed by atoms with E-state index in [1.54, 1.807) is 10.3 Å². The average molecular weight is 411 g/mol. The Kier molecular flexibility index (Phi) is 6.33. The van der Waals surface area contributed by atoms with Crippen LogP contribution < -0.4 is 5.32 Å². The topological polar surface area (TPSA) is 62.3 Å². The van der Waals surface area contributed by atoms with Crippen molar-refractivity contribution in [3.05, 3.63) is 35.2 Å². The first-order chi connectivity index (χ1) is 13.3. The highest BCUT2D eigenvalue weighted by atomic mass is 32.1. The van der Waals surface area contributed by atoms with E-state index in [0.717, 1.165) is 49.2 Å². The summed E-state index contributed by atoms with van der Waals surface area (Å²) in [6.45, 7) is 0.511. The predicted molar refractivity (Wildman–Crippen MR) is 101 cm³/mol. The first-order valence-corrected chi connectivity index (χ1v) is 9.92. The molecule has 0 spiro atoms. The summed E-state index contributed by atoms with van der Waals surface area (Å²) in [4.78, 5) is 30.1. The number of alkyl halides is 3. The molecule has 0 bridgehead atoms. The number of amides is 2. The van der Waals surface area contributed by atoms with Gasteiger partial charge in [0, 0.05) is 23.9 Å². The summed E-state index contributed by atoms with van der Waals surface area (Å²) in [5.74, 6) is -0.391. The molecule has 1 aromatic heterocycles. The SMILES string of the molecule is O=C(CN1CCCCCCC1=O)Nc1nc(-c2cccc(C(F)(F)F)c2)cs1. The highest BCUT2D eigenvalue weighted by Crippen LogP contribution is 2.33. The van der Waals surface area contributed by atoms with Crippen molar-refractivity contribution >= 4 is 28.3 Å². The minimum absolute atomic E-state index is 0.0290. The van der Waals surface area contributed by atoms with E-state index >= 15 is 0 Å². The number of rotatable bonds is 4. The second-order valence-corrected chi connectivity index (χ2v) is 7.50. The Bertz CT molecular complexity index is 851. The third-order valence-corrected chi connectivity index (χ3v) is 5.25. The van der Waals surface area contributed by atoms with Crippen LogP contribution in [0.15, 0.2) is 29.6 Å². The summed E-state index contributed by atoms with van der Waals surface area (Å²) in [6, 6.07) is 4.89. The van der Waals surface area contributed by atoms with Crippen LogP contribution in [0.5, 0.6) is 0 Å². The van der Waals surface area contributed by atoms with Gasteiger partial charge in [-0.15, -0.1) is 11.3 Å². The number of anilines is 1. The molecule has 1 aromatic carbocycles. The van der Waals surface area contributed by atoms with Crippen LogP contribution in [-0.4, -0.2) is 34.8 Å². The summed E-state index contributed by atoms with van der Waals surface area (Å²) in [7, 11) is 0. The van der Waals surface area contributed by atoms with Crippen molar-refractivity contribution in [2.45, 2.75) is 38.3 Å². The molecule has 28 heavy (non-hydrogen) atoms. The normalized spacial score (nSPS) is 15.8. The molecule has 1 aliphatic rings. The number of carbonyl (C=O) groups is 2. The molecular formula is C19H20F3N3O2S. The molecule has 0 radical (unpaired) electrons. The minimum atomic E-state index is -4.43. The number of halogens is 3. The highest BCUT2D eigenvalue weighted by Gasteiger charge is 2.30. The Morgan fingerprint density at radius 2 is 2.00 bits per heavy atom. The molecule has 1 fully saturated rings. The second-order valence-electron chi connectivity index (χ2n) is 6.64. The van der Waals surface area contributed by atoms with Crippen molar-refractivity contribution in [1.82, 2.24) is 9.88 Å². The third-order valence-electron chi connectivity index (χ3n) is 4.49. The number of likely N-dealkylation sites (tertiary alicyclic amines) is 1. The summed E-state index contributed by atoms with van der Waals surface area (Å²) < 4.78 is 38.6. The van der Waals surface area contributed by atoms with Crippen LogP contribution in [0.2, 0.25) is 0 Å². The number of carbonyl (C=O) groups excluding carboxylic acids is 2. The molecule has 2 heterocycles. The standard InChI is InChI=1S/C19H20F3N3O2S/c20-19(21,22)14-7-5-6-13(10-14)15-12-28-18(23-15)24-16(26)11-25-9-4-2-1-3-8-17(25)27/h5-7,10,12H,1-4,8-9,11H2,(H,23,24,26). The van der Waals surface area contributed by atoms with Crippen LogP contribution in [0.1, 0.15) is 37.7 Å². The maximum Gasteiger partial charge on any atom is 0.416 e. The van der Waals surface area contributed by atoms with E-state index in [0.29, 0.717) is 24.2 Å². The van der Waals surface area contributed by atoms with Crippen molar-refractivity contribution in [3.63, 3.8) is 0 Å². The number of nitrogens with one attached hydrogen (secondary N) is 1. The highest BCUT2D eigenvalue weighted by molar-refractivity contribution is 7.14. The van der Waals surface area contributed by atoms with Gasteiger partial charge < -0.3 is 10.2 Å². The molecule has 3 rings (SSSR count). The first kappa shape index (κ1) is 20.3. The molecule has 0 unspecified atom stereocenters. The van der Waals surface area contributed by atoms with Crippen LogP contribution in [0.3, 0.4) is 0 Å². The molecule has 0 aliphatic carbocycles. The largest absolute Gasteiger partial charge is 0.416 e. The number of hydrogen-bond donors (Lipinski definition) is 1. The maximum atomic E-state index is 12.9. The van der Waals surface area contributed by atoms with Crippen molar-refractivity contribution in [1.29, 1.82) is 0 Å². The summed E-state index contributed by atoms with van der Waals surface area (Å²) in [6.07, 6.45) is -0.201. The van der Waals surface area contributed by atoms with Gasteiger partial charge in [0.2, 0.25) is 11.8 Å². The number of benzene rings is 1.